The Balaban J connectivity index is 1.80. The third-order valence-electron chi connectivity index (χ3n) is 3.27. The van der Waals surface area contributed by atoms with E-state index in [-0.39, 0.29) is 5.97 Å². The fourth-order valence-corrected chi connectivity index (χ4v) is 2.19. The van der Waals surface area contributed by atoms with Gasteiger partial charge in [-0.15, -0.1) is 0 Å². The van der Waals surface area contributed by atoms with Crippen molar-refractivity contribution in [2.45, 2.75) is 6.92 Å². The molecule has 0 N–H and O–H groups in total. The third-order valence-corrected chi connectivity index (χ3v) is 3.27. The average molecular weight is 292 g/mol. The Morgan fingerprint density at radius 1 is 1.23 bits per heavy atom. The molecule has 0 spiro atoms. The molecule has 0 saturated heterocycles. The molecule has 0 bridgehead atoms. The van der Waals surface area contributed by atoms with Crippen LogP contribution < -0.4 is 0 Å². The molecule has 1 aromatic carbocycles. The van der Waals surface area contributed by atoms with E-state index in [1.165, 1.54) is 6.08 Å². The number of fused-ring (bicyclic) bond motifs is 1. The van der Waals surface area contributed by atoms with E-state index in [0.717, 1.165) is 22.5 Å². The van der Waals surface area contributed by atoms with Gasteiger partial charge in [0.05, 0.1) is 12.3 Å². The maximum Gasteiger partial charge on any atom is 0.330 e. The van der Waals surface area contributed by atoms with Crippen molar-refractivity contribution in [3.63, 3.8) is 0 Å². The van der Waals surface area contributed by atoms with Crippen LogP contribution in [0.1, 0.15) is 12.5 Å². The van der Waals surface area contributed by atoms with Gasteiger partial charge < -0.3 is 9.14 Å². The van der Waals surface area contributed by atoms with Crippen molar-refractivity contribution < 1.29 is 9.53 Å². The van der Waals surface area contributed by atoms with Gasteiger partial charge in [-0.1, -0.05) is 30.3 Å². The minimum Gasteiger partial charge on any atom is -0.463 e. The van der Waals surface area contributed by atoms with Crippen molar-refractivity contribution in [3.8, 4) is 11.3 Å². The van der Waals surface area contributed by atoms with Gasteiger partial charge in [0, 0.05) is 24.0 Å². The number of pyridine rings is 1. The van der Waals surface area contributed by atoms with Crippen LogP contribution in [0.2, 0.25) is 0 Å². The van der Waals surface area contributed by atoms with Crippen LogP contribution in [0.4, 0.5) is 0 Å². The molecule has 4 nitrogen and oxygen atoms in total. The number of nitrogens with zero attached hydrogens (tertiary/aromatic N) is 2. The summed E-state index contributed by atoms with van der Waals surface area (Å²) in [6.07, 6.45) is 7.15. The summed E-state index contributed by atoms with van der Waals surface area (Å²) in [4.78, 5) is 15.9. The van der Waals surface area contributed by atoms with Crippen LogP contribution in [0, 0.1) is 0 Å². The van der Waals surface area contributed by atoms with Gasteiger partial charge in [0.15, 0.2) is 0 Å². The summed E-state index contributed by atoms with van der Waals surface area (Å²) in [6.45, 7) is 2.17. The highest BCUT2D eigenvalue weighted by Crippen LogP contribution is 2.20. The number of carbonyl (C=O) groups excluding carboxylic acids is 1. The van der Waals surface area contributed by atoms with Crippen molar-refractivity contribution in [1.29, 1.82) is 0 Å². The van der Waals surface area contributed by atoms with E-state index in [1.807, 2.05) is 59.3 Å². The minimum absolute atomic E-state index is 0.327. The van der Waals surface area contributed by atoms with Gasteiger partial charge in [-0.3, -0.25) is 0 Å². The van der Waals surface area contributed by atoms with E-state index in [1.54, 1.807) is 13.0 Å². The normalized spacial score (nSPS) is 11.1. The number of benzene rings is 1. The lowest BCUT2D eigenvalue weighted by molar-refractivity contribution is -0.137. The smallest absolute Gasteiger partial charge is 0.330 e. The Bertz CT molecular complexity index is 783. The van der Waals surface area contributed by atoms with Crippen molar-refractivity contribution >= 4 is 17.7 Å². The quantitative estimate of drug-likeness (QED) is 0.545. The Labute approximate surface area is 128 Å². The first-order chi connectivity index (χ1) is 10.8. The van der Waals surface area contributed by atoms with Crippen molar-refractivity contribution in [2.24, 2.45) is 0 Å². The topological polar surface area (TPSA) is 43.6 Å². The van der Waals surface area contributed by atoms with E-state index < -0.39 is 0 Å². The van der Waals surface area contributed by atoms with E-state index >= 15 is 0 Å². The highest BCUT2D eigenvalue weighted by molar-refractivity contribution is 5.87. The lowest BCUT2D eigenvalue weighted by Crippen LogP contribution is -1.98. The van der Waals surface area contributed by atoms with Gasteiger partial charge >= 0.3 is 5.97 Å². The molecule has 4 heteroatoms. The largest absolute Gasteiger partial charge is 0.463 e. The molecule has 3 rings (SSSR count). The van der Waals surface area contributed by atoms with Gasteiger partial charge in [-0.2, -0.15) is 0 Å². The number of hydrogen-bond acceptors (Lipinski definition) is 3. The second kappa shape index (κ2) is 6.26. The minimum atomic E-state index is -0.327. The van der Waals surface area contributed by atoms with E-state index in [2.05, 4.69) is 4.98 Å². The second-order valence-electron chi connectivity index (χ2n) is 4.80. The fraction of sp³-hybridized carbons (Fsp3) is 0.111. The Hall–Kier alpha value is -2.88. The van der Waals surface area contributed by atoms with Crippen LogP contribution in [0.5, 0.6) is 0 Å². The molecule has 2 heterocycles. The summed E-state index contributed by atoms with van der Waals surface area (Å²) in [5.41, 5.74) is 3.83. The Kier molecular flexibility index (Phi) is 4.01. The SMILES string of the molecule is CCOC(=O)C=Cc1ccc(-c2cn3ccccc3n2)cc1. The first kappa shape index (κ1) is 14.1. The molecule has 0 fully saturated rings. The van der Waals surface area contributed by atoms with E-state index in [9.17, 15) is 4.79 Å². The van der Waals surface area contributed by atoms with E-state index in [4.69, 9.17) is 4.74 Å². The molecule has 0 atom stereocenters. The van der Waals surface area contributed by atoms with Gasteiger partial charge in [-0.25, -0.2) is 9.78 Å². The molecule has 2 aromatic heterocycles. The number of rotatable bonds is 4. The van der Waals surface area contributed by atoms with Crippen LogP contribution in [-0.4, -0.2) is 22.0 Å². The maximum absolute atomic E-state index is 11.3. The molecular weight excluding hydrogens is 276 g/mol. The first-order valence-electron chi connectivity index (χ1n) is 7.15. The van der Waals surface area contributed by atoms with Crippen LogP contribution in [0.25, 0.3) is 23.0 Å². The number of hydrogen-bond donors (Lipinski definition) is 0. The summed E-state index contributed by atoms with van der Waals surface area (Å²) < 4.78 is 6.84. The zero-order valence-electron chi connectivity index (χ0n) is 12.3. The number of ether oxygens (including phenoxy) is 1. The van der Waals surface area contributed by atoms with Gasteiger partial charge in [-0.05, 0) is 30.7 Å². The summed E-state index contributed by atoms with van der Waals surface area (Å²) >= 11 is 0. The molecule has 0 aliphatic rings. The molecule has 3 aromatic rings. The highest BCUT2D eigenvalue weighted by Gasteiger charge is 2.03. The summed E-state index contributed by atoms with van der Waals surface area (Å²) in [7, 11) is 0. The number of esters is 1. The molecule has 0 aliphatic carbocycles. The molecule has 0 amide bonds. The molecular formula is C18H16N2O2. The average Bonchev–Trinajstić information content (AvgIpc) is 2.98. The standard InChI is InChI=1S/C18H16N2O2/c1-2-22-18(21)11-8-14-6-9-15(10-7-14)16-13-20-12-4-3-5-17(20)19-16/h3-13H,2H2,1H3. The molecule has 0 radical (unpaired) electrons. The fourth-order valence-electron chi connectivity index (χ4n) is 2.19. The third kappa shape index (κ3) is 3.06. The highest BCUT2D eigenvalue weighted by atomic mass is 16.5. The molecule has 0 saturated carbocycles. The monoisotopic (exact) mass is 292 g/mol. The van der Waals surface area contributed by atoms with Crippen LogP contribution in [0.15, 0.2) is 60.9 Å². The van der Waals surface area contributed by atoms with Crippen LogP contribution in [0.3, 0.4) is 0 Å². The van der Waals surface area contributed by atoms with E-state index in [0.29, 0.717) is 6.61 Å². The molecule has 22 heavy (non-hydrogen) atoms. The van der Waals surface area contributed by atoms with Crippen LogP contribution >= 0.6 is 0 Å². The Morgan fingerprint density at radius 3 is 2.77 bits per heavy atom. The van der Waals surface area contributed by atoms with Gasteiger partial charge in [0.2, 0.25) is 0 Å². The lowest BCUT2D eigenvalue weighted by Gasteiger charge is -1.98. The lowest BCUT2D eigenvalue weighted by atomic mass is 10.1. The zero-order valence-corrected chi connectivity index (χ0v) is 12.3. The predicted octanol–water partition coefficient (Wildman–Crippen LogP) is 3.58. The predicted molar refractivity (Wildman–Crippen MR) is 86.3 cm³/mol. The summed E-state index contributed by atoms with van der Waals surface area (Å²) in [5, 5.41) is 0. The summed E-state index contributed by atoms with van der Waals surface area (Å²) in [5.74, 6) is -0.327. The maximum atomic E-state index is 11.3. The van der Waals surface area contributed by atoms with Crippen molar-refractivity contribution in [1.82, 2.24) is 9.38 Å². The zero-order chi connectivity index (χ0) is 15.4. The molecule has 110 valence electrons. The van der Waals surface area contributed by atoms with Crippen molar-refractivity contribution in [2.75, 3.05) is 6.61 Å². The number of aromatic nitrogens is 2. The summed E-state index contributed by atoms with van der Waals surface area (Å²) in [6, 6.07) is 13.8. The Morgan fingerprint density at radius 2 is 2.05 bits per heavy atom. The van der Waals surface area contributed by atoms with Gasteiger partial charge in [0.25, 0.3) is 0 Å². The number of carbonyl (C=O) groups is 1. The number of imidazole rings is 1. The van der Waals surface area contributed by atoms with Gasteiger partial charge in [0.1, 0.15) is 5.65 Å². The second-order valence-corrected chi connectivity index (χ2v) is 4.80. The van der Waals surface area contributed by atoms with Crippen LogP contribution in [-0.2, 0) is 9.53 Å². The molecule has 0 aliphatic heterocycles. The molecule has 0 unspecified atom stereocenters. The first-order valence-corrected chi connectivity index (χ1v) is 7.15. The van der Waals surface area contributed by atoms with Crippen molar-refractivity contribution in [3.05, 3.63) is 66.5 Å².